The van der Waals surface area contributed by atoms with Gasteiger partial charge in [0.2, 0.25) is 5.91 Å². The zero-order valence-electron chi connectivity index (χ0n) is 8.22. The number of nitrogens with zero attached hydrogens (tertiary/aromatic N) is 3. The van der Waals surface area contributed by atoms with Crippen molar-refractivity contribution in [2.24, 2.45) is 0 Å². The van der Waals surface area contributed by atoms with Gasteiger partial charge in [0.15, 0.2) is 5.82 Å². The Kier molecular flexibility index (Phi) is 2.74. The van der Waals surface area contributed by atoms with Crippen LogP contribution in [0.1, 0.15) is 12.8 Å². The van der Waals surface area contributed by atoms with Crippen molar-refractivity contribution in [2.75, 3.05) is 11.4 Å². The first-order valence-corrected chi connectivity index (χ1v) is 5.07. The Hall–Kier alpha value is -1.69. The molecule has 2 heterocycles. The number of carbonyl (C=O) groups excluding carboxylic acids is 1. The number of hydrogen-bond acceptors (Lipinski definition) is 4. The van der Waals surface area contributed by atoms with Gasteiger partial charge in [0.1, 0.15) is 6.20 Å². The minimum absolute atomic E-state index is 0.0525. The van der Waals surface area contributed by atoms with E-state index in [0.29, 0.717) is 18.8 Å². The number of pyridine rings is 1. The Labute approximate surface area is 96.0 Å². The van der Waals surface area contributed by atoms with E-state index in [1.54, 1.807) is 0 Å². The summed E-state index contributed by atoms with van der Waals surface area (Å²) in [6.45, 7) is 0.559. The fraction of sp³-hybridized carbons (Fsp3) is 0.333. The second-order valence-electron chi connectivity index (χ2n) is 3.40. The molecule has 1 amide bonds. The number of aromatic nitrogens is 1. The summed E-state index contributed by atoms with van der Waals surface area (Å²) < 4.78 is 0. The summed E-state index contributed by atoms with van der Waals surface area (Å²) in [5.41, 5.74) is -0.180. The summed E-state index contributed by atoms with van der Waals surface area (Å²) >= 11 is 5.86. The van der Waals surface area contributed by atoms with Crippen molar-refractivity contribution in [1.82, 2.24) is 4.98 Å². The summed E-state index contributed by atoms with van der Waals surface area (Å²) in [5.74, 6) is 0.248. The lowest BCUT2D eigenvalue weighted by atomic mass is 10.4. The van der Waals surface area contributed by atoms with Crippen LogP contribution in [0.3, 0.4) is 0 Å². The zero-order valence-corrected chi connectivity index (χ0v) is 8.98. The second-order valence-corrected chi connectivity index (χ2v) is 3.81. The van der Waals surface area contributed by atoms with Gasteiger partial charge in [-0.25, -0.2) is 4.98 Å². The minimum Gasteiger partial charge on any atom is -0.296 e. The molecule has 0 N–H and O–H groups in total. The Balaban J connectivity index is 2.36. The molecule has 0 spiro atoms. The van der Waals surface area contributed by atoms with Gasteiger partial charge in [-0.2, -0.15) is 0 Å². The molecule has 0 aliphatic carbocycles. The standard InChI is InChI=1S/C9H8ClN3O3/c10-7-4-6(13(15)16)5-11-9(7)12-3-1-2-8(12)14/h4-5H,1-3H2. The molecule has 7 heteroatoms. The molecule has 1 aromatic rings. The van der Waals surface area contributed by atoms with Gasteiger partial charge in [-0.1, -0.05) is 11.6 Å². The van der Waals surface area contributed by atoms with Gasteiger partial charge in [0.05, 0.1) is 9.95 Å². The number of hydrogen-bond donors (Lipinski definition) is 0. The van der Waals surface area contributed by atoms with Crippen LogP contribution < -0.4 is 4.90 Å². The molecule has 0 radical (unpaired) electrons. The summed E-state index contributed by atoms with van der Waals surface area (Å²) in [4.78, 5) is 26.7. The third-order valence-corrected chi connectivity index (χ3v) is 2.63. The number of carbonyl (C=O) groups is 1. The quantitative estimate of drug-likeness (QED) is 0.584. The highest BCUT2D eigenvalue weighted by Gasteiger charge is 2.25. The van der Waals surface area contributed by atoms with Gasteiger partial charge >= 0.3 is 0 Å². The van der Waals surface area contributed by atoms with Gasteiger partial charge in [-0.05, 0) is 6.42 Å². The number of rotatable bonds is 2. The molecule has 84 valence electrons. The van der Waals surface area contributed by atoms with Gasteiger partial charge in [0, 0.05) is 19.0 Å². The molecule has 2 rings (SSSR count). The molecular formula is C9H8ClN3O3. The third kappa shape index (κ3) is 1.83. The van der Waals surface area contributed by atoms with Crippen molar-refractivity contribution in [2.45, 2.75) is 12.8 Å². The van der Waals surface area contributed by atoms with Gasteiger partial charge in [0.25, 0.3) is 5.69 Å². The molecule has 1 aliphatic rings. The van der Waals surface area contributed by atoms with E-state index in [-0.39, 0.29) is 16.6 Å². The fourth-order valence-electron chi connectivity index (χ4n) is 1.59. The van der Waals surface area contributed by atoms with Crippen LogP contribution in [0.15, 0.2) is 12.3 Å². The molecule has 1 aliphatic heterocycles. The van der Waals surface area contributed by atoms with Crippen LogP contribution in [0, 0.1) is 10.1 Å². The van der Waals surface area contributed by atoms with Crippen LogP contribution in [0.25, 0.3) is 0 Å². The second kappa shape index (κ2) is 4.05. The van der Waals surface area contributed by atoms with Crippen molar-refractivity contribution in [3.05, 3.63) is 27.4 Å². The van der Waals surface area contributed by atoms with Crippen LogP contribution in [-0.2, 0) is 4.79 Å². The lowest BCUT2D eigenvalue weighted by molar-refractivity contribution is -0.385. The van der Waals surface area contributed by atoms with Crippen molar-refractivity contribution < 1.29 is 9.72 Å². The number of anilines is 1. The average Bonchev–Trinajstić information content (AvgIpc) is 2.64. The summed E-state index contributed by atoms with van der Waals surface area (Å²) in [6.07, 6.45) is 2.33. The van der Waals surface area contributed by atoms with Crippen LogP contribution in [-0.4, -0.2) is 22.4 Å². The molecule has 1 fully saturated rings. The van der Waals surface area contributed by atoms with E-state index in [1.165, 1.54) is 11.0 Å². The van der Waals surface area contributed by atoms with E-state index in [0.717, 1.165) is 12.6 Å². The van der Waals surface area contributed by atoms with Crippen molar-refractivity contribution in [1.29, 1.82) is 0 Å². The first-order chi connectivity index (χ1) is 7.59. The molecule has 0 bridgehead atoms. The molecule has 0 unspecified atom stereocenters. The summed E-state index contributed by atoms with van der Waals surface area (Å²) in [5, 5.41) is 10.6. The normalized spacial score (nSPS) is 15.6. The van der Waals surface area contributed by atoms with Gasteiger partial charge in [-0.15, -0.1) is 0 Å². The molecular weight excluding hydrogens is 234 g/mol. The molecule has 16 heavy (non-hydrogen) atoms. The van der Waals surface area contributed by atoms with Crippen molar-refractivity contribution >= 4 is 29.0 Å². The minimum atomic E-state index is -0.575. The van der Waals surface area contributed by atoms with E-state index < -0.39 is 4.92 Å². The maximum absolute atomic E-state index is 11.4. The Morgan fingerprint density at radius 3 is 2.81 bits per heavy atom. The molecule has 0 atom stereocenters. The van der Waals surface area contributed by atoms with Gasteiger partial charge < -0.3 is 0 Å². The Bertz CT molecular complexity index is 463. The SMILES string of the molecule is O=C1CCCN1c1ncc([N+](=O)[O-])cc1Cl. The molecule has 0 aromatic carbocycles. The molecule has 1 saturated heterocycles. The van der Waals surface area contributed by atoms with E-state index in [1.807, 2.05) is 0 Å². The van der Waals surface area contributed by atoms with Gasteiger partial charge in [-0.3, -0.25) is 19.8 Å². The maximum Gasteiger partial charge on any atom is 0.289 e. The first kappa shape index (κ1) is 10.8. The highest BCUT2D eigenvalue weighted by atomic mass is 35.5. The van der Waals surface area contributed by atoms with Crippen LogP contribution in [0.4, 0.5) is 11.5 Å². The molecule has 6 nitrogen and oxygen atoms in total. The van der Waals surface area contributed by atoms with E-state index in [9.17, 15) is 14.9 Å². The van der Waals surface area contributed by atoms with E-state index >= 15 is 0 Å². The summed E-state index contributed by atoms with van der Waals surface area (Å²) in [7, 11) is 0. The number of amides is 1. The first-order valence-electron chi connectivity index (χ1n) is 4.70. The number of halogens is 1. The largest absolute Gasteiger partial charge is 0.296 e. The maximum atomic E-state index is 11.4. The Morgan fingerprint density at radius 1 is 1.56 bits per heavy atom. The lowest BCUT2D eigenvalue weighted by Gasteiger charge is -2.15. The number of nitro groups is 1. The van der Waals surface area contributed by atoms with Crippen molar-refractivity contribution in [3.8, 4) is 0 Å². The van der Waals surface area contributed by atoms with Crippen LogP contribution in [0.5, 0.6) is 0 Å². The van der Waals surface area contributed by atoms with Crippen molar-refractivity contribution in [3.63, 3.8) is 0 Å². The Morgan fingerprint density at radius 2 is 2.31 bits per heavy atom. The summed E-state index contributed by atoms with van der Waals surface area (Å²) in [6, 6.07) is 1.20. The topological polar surface area (TPSA) is 76.3 Å². The zero-order chi connectivity index (χ0) is 11.7. The smallest absolute Gasteiger partial charge is 0.289 e. The molecule has 1 aromatic heterocycles. The molecule has 0 saturated carbocycles. The van der Waals surface area contributed by atoms with E-state index in [4.69, 9.17) is 11.6 Å². The highest BCUT2D eigenvalue weighted by Crippen LogP contribution is 2.29. The third-order valence-electron chi connectivity index (χ3n) is 2.35. The predicted molar refractivity (Wildman–Crippen MR) is 57.5 cm³/mol. The predicted octanol–water partition coefficient (Wildman–Crippen LogP) is 1.77. The fourth-order valence-corrected chi connectivity index (χ4v) is 1.85. The lowest BCUT2D eigenvalue weighted by Crippen LogP contribution is -2.25. The monoisotopic (exact) mass is 241 g/mol. The highest BCUT2D eigenvalue weighted by molar-refractivity contribution is 6.33. The van der Waals surface area contributed by atoms with Crippen LogP contribution >= 0.6 is 11.6 Å². The van der Waals surface area contributed by atoms with Crippen LogP contribution in [0.2, 0.25) is 5.02 Å². The van der Waals surface area contributed by atoms with E-state index in [2.05, 4.69) is 4.98 Å². The average molecular weight is 242 g/mol.